The number of methoxy groups -OCH3 is 2. The maximum absolute atomic E-state index is 12.8. The molecule has 0 aromatic heterocycles. The predicted octanol–water partition coefficient (Wildman–Crippen LogP) is 1.70. The summed E-state index contributed by atoms with van der Waals surface area (Å²) in [5.41, 5.74) is 0.753. The molecule has 8 nitrogen and oxygen atoms in total. The number of likely N-dealkylation sites (tertiary alicyclic amines) is 1. The van der Waals surface area contributed by atoms with E-state index in [2.05, 4.69) is 0 Å². The highest BCUT2D eigenvalue weighted by molar-refractivity contribution is 5.98. The van der Waals surface area contributed by atoms with Gasteiger partial charge < -0.3 is 14.4 Å². The fourth-order valence-electron chi connectivity index (χ4n) is 2.91. The minimum Gasteiger partial charge on any atom is -0.467 e. The maximum atomic E-state index is 12.8. The van der Waals surface area contributed by atoms with Crippen LogP contribution in [0.5, 0.6) is 0 Å². The van der Waals surface area contributed by atoms with Gasteiger partial charge in [0.05, 0.1) is 18.1 Å². The number of nitrogens with zero attached hydrogens (tertiary/aromatic N) is 2. The third kappa shape index (κ3) is 3.53. The number of benzene rings is 1. The molecule has 0 saturated carbocycles. The van der Waals surface area contributed by atoms with Crippen LogP contribution in [0, 0.1) is 17.0 Å². The van der Waals surface area contributed by atoms with Crippen molar-refractivity contribution in [1.82, 2.24) is 4.90 Å². The fraction of sp³-hybridized carbons (Fsp3) is 0.500. The summed E-state index contributed by atoms with van der Waals surface area (Å²) in [5, 5.41) is 10.8. The van der Waals surface area contributed by atoms with E-state index in [1.807, 2.05) is 0 Å². The van der Waals surface area contributed by atoms with Crippen molar-refractivity contribution in [2.24, 2.45) is 0 Å². The van der Waals surface area contributed by atoms with Crippen LogP contribution < -0.4 is 0 Å². The Labute approximate surface area is 139 Å². The van der Waals surface area contributed by atoms with Crippen LogP contribution in [0.4, 0.5) is 5.69 Å². The number of ether oxygens (including phenoxy) is 2. The van der Waals surface area contributed by atoms with Crippen LogP contribution in [0.1, 0.15) is 28.8 Å². The number of hydrogen-bond acceptors (Lipinski definition) is 6. The van der Waals surface area contributed by atoms with Gasteiger partial charge in [-0.15, -0.1) is 0 Å². The lowest BCUT2D eigenvalue weighted by atomic mass is 9.97. The molecule has 1 saturated heterocycles. The first-order valence-electron chi connectivity index (χ1n) is 7.55. The molecule has 1 fully saturated rings. The minimum absolute atomic E-state index is 0.0772. The van der Waals surface area contributed by atoms with Crippen molar-refractivity contribution in [3.05, 3.63) is 39.4 Å². The van der Waals surface area contributed by atoms with Crippen LogP contribution in [0.3, 0.4) is 0 Å². The fourth-order valence-corrected chi connectivity index (χ4v) is 2.91. The summed E-state index contributed by atoms with van der Waals surface area (Å²) in [5.74, 6) is -0.836. The van der Waals surface area contributed by atoms with E-state index in [9.17, 15) is 19.7 Å². The van der Waals surface area contributed by atoms with E-state index in [1.54, 1.807) is 14.0 Å². The van der Waals surface area contributed by atoms with Crippen molar-refractivity contribution in [3.63, 3.8) is 0 Å². The number of carbonyl (C=O) groups excluding carboxylic acids is 2. The first kappa shape index (κ1) is 17.9. The van der Waals surface area contributed by atoms with Crippen molar-refractivity contribution in [1.29, 1.82) is 0 Å². The summed E-state index contributed by atoms with van der Waals surface area (Å²) in [4.78, 5) is 36.6. The largest absolute Gasteiger partial charge is 0.467 e. The molecule has 0 spiro atoms. The van der Waals surface area contributed by atoms with Gasteiger partial charge in [-0.25, -0.2) is 4.79 Å². The van der Waals surface area contributed by atoms with Gasteiger partial charge in [-0.2, -0.15) is 0 Å². The van der Waals surface area contributed by atoms with Crippen molar-refractivity contribution < 1.29 is 24.0 Å². The molecule has 8 heteroatoms. The summed E-state index contributed by atoms with van der Waals surface area (Å²) < 4.78 is 10.1. The first-order chi connectivity index (χ1) is 11.4. The van der Waals surface area contributed by atoms with Crippen molar-refractivity contribution >= 4 is 17.6 Å². The average molecular weight is 336 g/mol. The molecule has 1 aliphatic heterocycles. The van der Waals surface area contributed by atoms with Gasteiger partial charge in [-0.3, -0.25) is 14.9 Å². The molecule has 1 aromatic carbocycles. The first-order valence-corrected chi connectivity index (χ1v) is 7.55. The van der Waals surface area contributed by atoms with E-state index in [4.69, 9.17) is 9.47 Å². The monoisotopic (exact) mass is 336 g/mol. The summed E-state index contributed by atoms with van der Waals surface area (Å²) in [7, 11) is 2.84. The molecule has 24 heavy (non-hydrogen) atoms. The molecule has 1 aliphatic rings. The van der Waals surface area contributed by atoms with E-state index in [1.165, 1.54) is 30.2 Å². The second-order valence-corrected chi connectivity index (χ2v) is 5.68. The van der Waals surface area contributed by atoms with E-state index in [-0.39, 0.29) is 17.7 Å². The number of amides is 1. The quantitative estimate of drug-likeness (QED) is 0.471. The third-order valence-electron chi connectivity index (χ3n) is 4.27. The molecular formula is C16H20N2O6. The molecule has 1 heterocycles. The Bertz CT molecular complexity index is 660. The topological polar surface area (TPSA) is 99.0 Å². The third-order valence-corrected chi connectivity index (χ3v) is 4.27. The highest BCUT2D eigenvalue weighted by Crippen LogP contribution is 2.25. The molecule has 0 N–H and O–H groups in total. The normalized spacial score (nSPS) is 20.5. The second-order valence-electron chi connectivity index (χ2n) is 5.68. The molecule has 2 unspecified atom stereocenters. The van der Waals surface area contributed by atoms with Gasteiger partial charge in [0.25, 0.3) is 11.6 Å². The molecule has 1 aromatic rings. The van der Waals surface area contributed by atoms with Gasteiger partial charge in [0.15, 0.2) is 0 Å². The van der Waals surface area contributed by atoms with E-state index in [0.29, 0.717) is 30.5 Å². The Morgan fingerprint density at radius 1 is 1.33 bits per heavy atom. The number of nitro groups is 1. The Balaban J connectivity index is 2.29. The maximum Gasteiger partial charge on any atom is 0.328 e. The summed E-state index contributed by atoms with van der Waals surface area (Å²) in [6, 6.07) is 3.33. The smallest absolute Gasteiger partial charge is 0.328 e. The Morgan fingerprint density at radius 2 is 2.04 bits per heavy atom. The molecule has 1 amide bonds. The summed E-state index contributed by atoms with van der Waals surface area (Å²) >= 11 is 0. The van der Waals surface area contributed by atoms with E-state index in [0.717, 1.165) is 0 Å². The van der Waals surface area contributed by atoms with Gasteiger partial charge in [0, 0.05) is 37.8 Å². The predicted molar refractivity (Wildman–Crippen MR) is 84.7 cm³/mol. The highest BCUT2D eigenvalue weighted by atomic mass is 16.6. The van der Waals surface area contributed by atoms with Gasteiger partial charge >= 0.3 is 5.97 Å². The zero-order valence-corrected chi connectivity index (χ0v) is 13.9. The van der Waals surface area contributed by atoms with Crippen LogP contribution in [0.25, 0.3) is 0 Å². The molecular weight excluding hydrogens is 316 g/mol. The lowest BCUT2D eigenvalue weighted by Gasteiger charge is -2.37. The summed E-state index contributed by atoms with van der Waals surface area (Å²) in [6.07, 6.45) is 0.860. The zero-order chi connectivity index (χ0) is 17.9. The average Bonchev–Trinajstić information content (AvgIpc) is 2.59. The summed E-state index contributed by atoms with van der Waals surface area (Å²) in [6.45, 7) is 1.99. The number of rotatable bonds is 4. The number of non-ortho nitro benzene ring substituents is 1. The zero-order valence-electron chi connectivity index (χ0n) is 13.9. The van der Waals surface area contributed by atoms with Gasteiger partial charge in [0.2, 0.25) is 0 Å². The lowest BCUT2D eigenvalue weighted by Crippen LogP contribution is -2.52. The van der Waals surface area contributed by atoms with E-state index >= 15 is 0 Å². The Kier molecular flexibility index (Phi) is 5.50. The molecule has 0 radical (unpaired) electrons. The van der Waals surface area contributed by atoms with Gasteiger partial charge in [-0.1, -0.05) is 0 Å². The standard InChI is InChI=1S/C16H20N2O6/c1-10-8-11(18(21)22)4-5-13(10)15(19)17-7-6-12(23-2)9-14(17)16(20)24-3/h4-5,8,12,14H,6-7,9H2,1-3H3. The van der Waals surface area contributed by atoms with E-state index < -0.39 is 16.9 Å². The minimum atomic E-state index is -0.726. The van der Waals surface area contributed by atoms with Crippen molar-refractivity contribution in [2.75, 3.05) is 20.8 Å². The van der Waals surface area contributed by atoms with Crippen LogP contribution >= 0.6 is 0 Å². The molecule has 130 valence electrons. The number of piperidine rings is 1. The molecule has 0 bridgehead atoms. The number of esters is 1. The van der Waals surface area contributed by atoms with Crippen LogP contribution in [-0.4, -0.2) is 54.6 Å². The van der Waals surface area contributed by atoms with Gasteiger partial charge in [-0.05, 0) is 25.0 Å². The number of carbonyl (C=O) groups is 2. The highest BCUT2D eigenvalue weighted by Gasteiger charge is 2.37. The number of hydrogen-bond donors (Lipinski definition) is 0. The van der Waals surface area contributed by atoms with Gasteiger partial charge in [0.1, 0.15) is 6.04 Å². The molecule has 0 aliphatic carbocycles. The second kappa shape index (κ2) is 7.39. The SMILES string of the molecule is COC(=O)C1CC(OC)CCN1C(=O)c1ccc([N+](=O)[O-])cc1C. The Morgan fingerprint density at radius 3 is 2.58 bits per heavy atom. The Hall–Kier alpha value is -2.48. The number of nitro benzene ring substituents is 1. The van der Waals surface area contributed by atoms with Crippen LogP contribution in [0.2, 0.25) is 0 Å². The lowest BCUT2D eigenvalue weighted by molar-refractivity contribution is -0.384. The number of aryl methyl sites for hydroxylation is 1. The molecule has 2 atom stereocenters. The van der Waals surface area contributed by atoms with Crippen molar-refractivity contribution in [2.45, 2.75) is 31.9 Å². The van der Waals surface area contributed by atoms with Crippen LogP contribution in [0.15, 0.2) is 18.2 Å². The molecule has 2 rings (SSSR count). The van der Waals surface area contributed by atoms with Crippen molar-refractivity contribution in [3.8, 4) is 0 Å². The van der Waals surface area contributed by atoms with Crippen LogP contribution in [-0.2, 0) is 14.3 Å².